The lowest BCUT2D eigenvalue weighted by Gasteiger charge is -2.35. The molecule has 1 fully saturated rings. The first-order valence-corrected chi connectivity index (χ1v) is 9.20. The number of para-hydroxylation sites is 1. The van der Waals surface area contributed by atoms with Crippen molar-refractivity contribution in [2.45, 2.75) is 20.0 Å². The minimum absolute atomic E-state index is 0.0848. The van der Waals surface area contributed by atoms with Crippen molar-refractivity contribution in [3.8, 4) is 5.75 Å². The number of carbonyl (C=O) groups excluding carboxylic acids is 2. The molecule has 3 rings (SSSR count). The number of piperazine rings is 1. The number of nitrogens with zero attached hydrogens (tertiary/aromatic N) is 2. The predicted octanol–water partition coefficient (Wildman–Crippen LogP) is 2.76. The van der Waals surface area contributed by atoms with Gasteiger partial charge in [-0.15, -0.1) is 0 Å². The standard InChI is InChI=1S/C21H25N3O3/c1-16(2)27-19-10-8-17(9-11-19)22-20(25)21(26)24-14-12-23(13-15-24)18-6-4-3-5-7-18/h3-11,16H,12-15H2,1-2H3,(H,22,25). The number of carbonyl (C=O) groups is 2. The molecule has 0 unspecified atom stereocenters. The quantitative estimate of drug-likeness (QED) is 0.844. The van der Waals surface area contributed by atoms with Crippen LogP contribution in [0.3, 0.4) is 0 Å². The number of ether oxygens (including phenoxy) is 1. The van der Waals surface area contributed by atoms with E-state index in [1.165, 1.54) is 0 Å². The number of nitrogens with one attached hydrogen (secondary N) is 1. The number of rotatable bonds is 4. The molecule has 1 heterocycles. The van der Waals surface area contributed by atoms with Crippen molar-refractivity contribution in [1.29, 1.82) is 0 Å². The minimum atomic E-state index is -0.610. The van der Waals surface area contributed by atoms with Crippen molar-refractivity contribution in [3.63, 3.8) is 0 Å². The van der Waals surface area contributed by atoms with Gasteiger partial charge in [-0.3, -0.25) is 9.59 Å². The van der Waals surface area contributed by atoms with Gasteiger partial charge in [-0.25, -0.2) is 0 Å². The number of anilines is 2. The summed E-state index contributed by atoms with van der Waals surface area (Å²) in [6.07, 6.45) is 0.0848. The molecule has 27 heavy (non-hydrogen) atoms. The van der Waals surface area contributed by atoms with Crippen LogP contribution in [0.5, 0.6) is 5.75 Å². The zero-order chi connectivity index (χ0) is 19.2. The third kappa shape index (κ3) is 5.00. The Balaban J connectivity index is 1.51. The monoisotopic (exact) mass is 367 g/mol. The van der Waals surface area contributed by atoms with Gasteiger partial charge in [-0.05, 0) is 50.2 Å². The maximum absolute atomic E-state index is 12.4. The molecule has 1 N–H and O–H groups in total. The molecular weight excluding hydrogens is 342 g/mol. The van der Waals surface area contributed by atoms with E-state index in [2.05, 4.69) is 22.3 Å². The third-order valence-corrected chi connectivity index (χ3v) is 4.37. The highest BCUT2D eigenvalue weighted by molar-refractivity contribution is 6.39. The largest absolute Gasteiger partial charge is 0.491 e. The van der Waals surface area contributed by atoms with Gasteiger partial charge in [0.2, 0.25) is 0 Å². The molecule has 2 aromatic carbocycles. The van der Waals surface area contributed by atoms with Gasteiger partial charge in [0.15, 0.2) is 0 Å². The zero-order valence-corrected chi connectivity index (χ0v) is 15.7. The highest BCUT2D eigenvalue weighted by Crippen LogP contribution is 2.18. The fraction of sp³-hybridized carbons (Fsp3) is 0.333. The van der Waals surface area contributed by atoms with Crippen molar-refractivity contribution >= 4 is 23.2 Å². The van der Waals surface area contributed by atoms with E-state index >= 15 is 0 Å². The van der Waals surface area contributed by atoms with E-state index in [-0.39, 0.29) is 6.10 Å². The Bertz CT molecular complexity index is 767. The van der Waals surface area contributed by atoms with E-state index in [1.54, 1.807) is 29.2 Å². The van der Waals surface area contributed by atoms with E-state index in [9.17, 15) is 9.59 Å². The average molecular weight is 367 g/mol. The summed E-state index contributed by atoms with van der Waals surface area (Å²) in [5, 5.41) is 2.66. The molecule has 0 saturated carbocycles. The maximum Gasteiger partial charge on any atom is 0.313 e. The molecule has 0 spiro atoms. The summed E-state index contributed by atoms with van der Waals surface area (Å²) >= 11 is 0. The fourth-order valence-electron chi connectivity index (χ4n) is 3.02. The van der Waals surface area contributed by atoms with E-state index in [1.807, 2.05) is 32.0 Å². The Morgan fingerprint density at radius 1 is 0.926 bits per heavy atom. The highest BCUT2D eigenvalue weighted by Gasteiger charge is 2.26. The molecule has 142 valence electrons. The molecule has 2 aromatic rings. The zero-order valence-electron chi connectivity index (χ0n) is 15.7. The van der Waals surface area contributed by atoms with Gasteiger partial charge >= 0.3 is 11.8 Å². The smallest absolute Gasteiger partial charge is 0.313 e. The first-order valence-electron chi connectivity index (χ1n) is 9.20. The Labute approximate surface area is 159 Å². The van der Waals surface area contributed by atoms with E-state index in [4.69, 9.17) is 4.74 Å². The summed E-state index contributed by atoms with van der Waals surface area (Å²) in [4.78, 5) is 28.5. The van der Waals surface area contributed by atoms with Crippen LogP contribution in [0.15, 0.2) is 54.6 Å². The Morgan fingerprint density at radius 3 is 2.15 bits per heavy atom. The first kappa shape index (κ1) is 18.8. The molecule has 1 aliphatic rings. The molecule has 6 heteroatoms. The minimum Gasteiger partial charge on any atom is -0.491 e. The molecule has 0 atom stereocenters. The lowest BCUT2D eigenvalue weighted by molar-refractivity contribution is -0.143. The molecule has 0 aromatic heterocycles. The second-order valence-electron chi connectivity index (χ2n) is 6.76. The summed E-state index contributed by atoms with van der Waals surface area (Å²) in [6, 6.07) is 17.1. The SMILES string of the molecule is CC(C)Oc1ccc(NC(=O)C(=O)N2CCN(c3ccccc3)CC2)cc1. The summed E-state index contributed by atoms with van der Waals surface area (Å²) < 4.78 is 5.57. The van der Waals surface area contributed by atoms with Crippen LogP contribution in [0.2, 0.25) is 0 Å². The molecule has 6 nitrogen and oxygen atoms in total. The van der Waals surface area contributed by atoms with Gasteiger partial charge in [0, 0.05) is 37.6 Å². The van der Waals surface area contributed by atoms with Crippen LogP contribution in [-0.4, -0.2) is 49.0 Å². The molecule has 0 radical (unpaired) electrons. The number of hydrogen-bond acceptors (Lipinski definition) is 4. The molecule has 2 amide bonds. The van der Waals surface area contributed by atoms with E-state index in [0.29, 0.717) is 31.9 Å². The number of benzene rings is 2. The Morgan fingerprint density at radius 2 is 1.56 bits per heavy atom. The van der Waals surface area contributed by atoms with Crippen molar-refractivity contribution in [2.24, 2.45) is 0 Å². The summed E-state index contributed by atoms with van der Waals surface area (Å²) in [5.41, 5.74) is 1.71. The Hall–Kier alpha value is -3.02. The van der Waals surface area contributed by atoms with E-state index < -0.39 is 11.8 Å². The molecule has 1 aliphatic heterocycles. The van der Waals surface area contributed by atoms with Gasteiger partial charge in [0.1, 0.15) is 5.75 Å². The third-order valence-electron chi connectivity index (χ3n) is 4.37. The molecule has 0 aliphatic carbocycles. The summed E-state index contributed by atoms with van der Waals surface area (Å²) in [6.45, 7) is 6.39. The normalized spacial score (nSPS) is 14.2. The van der Waals surface area contributed by atoms with Crippen LogP contribution in [0.4, 0.5) is 11.4 Å². The second kappa shape index (κ2) is 8.58. The van der Waals surface area contributed by atoms with E-state index in [0.717, 1.165) is 11.4 Å². The van der Waals surface area contributed by atoms with Gasteiger partial charge in [-0.2, -0.15) is 0 Å². The van der Waals surface area contributed by atoms with Crippen molar-refractivity contribution in [1.82, 2.24) is 4.90 Å². The van der Waals surface area contributed by atoms with Crippen LogP contribution in [0.25, 0.3) is 0 Å². The van der Waals surface area contributed by atoms with Gasteiger partial charge in [0.25, 0.3) is 0 Å². The number of amides is 2. The molecular formula is C21H25N3O3. The van der Waals surface area contributed by atoms with Crippen molar-refractivity contribution in [3.05, 3.63) is 54.6 Å². The Kier molecular flexibility index (Phi) is 5.96. The van der Waals surface area contributed by atoms with Crippen LogP contribution in [-0.2, 0) is 9.59 Å². The van der Waals surface area contributed by atoms with Crippen LogP contribution >= 0.6 is 0 Å². The maximum atomic E-state index is 12.4. The van der Waals surface area contributed by atoms with Crippen LogP contribution in [0.1, 0.15) is 13.8 Å². The lowest BCUT2D eigenvalue weighted by Crippen LogP contribution is -2.51. The topological polar surface area (TPSA) is 61.9 Å². The molecule has 0 bridgehead atoms. The summed E-state index contributed by atoms with van der Waals surface area (Å²) in [5.74, 6) is -0.378. The fourth-order valence-corrected chi connectivity index (χ4v) is 3.02. The lowest BCUT2D eigenvalue weighted by atomic mass is 10.2. The summed E-state index contributed by atoms with van der Waals surface area (Å²) in [7, 11) is 0. The van der Waals surface area contributed by atoms with Crippen LogP contribution in [0, 0.1) is 0 Å². The first-order chi connectivity index (χ1) is 13.0. The van der Waals surface area contributed by atoms with Crippen molar-refractivity contribution < 1.29 is 14.3 Å². The van der Waals surface area contributed by atoms with Gasteiger partial charge < -0.3 is 19.9 Å². The predicted molar refractivity (Wildman–Crippen MR) is 106 cm³/mol. The molecule has 1 saturated heterocycles. The average Bonchev–Trinajstić information content (AvgIpc) is 2.69. The number of hydrogen-bond donors (Lipinski definition) is 1. The highest BCUT2D eigenvalue weighted by atomic mass is 16.5. The van der Waals surface area contributed by atoms with Gasteiger partial charge in [-0.1, -0.05) is 18.2 Å². The van der Waals surface area contributed by atoms with Gasteiger partial charge in [0.05, 0.1) is 6.10 Å². The van der Waals surface area contributed by atoms with Crippen LogP contribution < -0.4 is 15.0 Å². The second-order valence-corrected chi connectivity index (χ2v) is 6.76. The van der Waals surface area contributed by atoms with Crippen molar-refractivity contribution in [2.75, 3.05) is 36.4 Å².